The van der Waals surface area contributed by atoms with Crippen LogP contribution in [0.2, 0.25) is 5.02 Å². The second kappa shape index (κ2) is 11.0. The molecule has 0 saturated heterocycles. The van der Waals surface area contributed by atoms with Crippen molar-refractivity contribution in [3.05, 3.63) is 101 Å². The van der Waals surface area contributed by atoms with Crippen LogP contribution < -0.4 is 5.43 Å². The van der Waals surface area contributed by atoms with Crippen molar-refractivity contribution >= 4 is 52.6 Å². The molecule has 1 heterocycles. The number of benzene rings is 3. The van der Waals surface area contributed by atoms with E-state index in [1.165, 1.54) is 11.8 Å². The van der Waals surface area contributed by atoms with Gasteiger partial charge in [-0.15, -0.1) is 0 Å². The average molecular weight is 475 g/mol. The number of amides is 1. The molecule has 166 valence electrons. The quantitative estimate of drug-likeness (QED) is 0.192. The number of fused-ring (bicyclic) bond motifs is 1. The number of rotatable bonds is 8. The van der Waals surface area contributed by atoms with E-state index >= 15 is 0 Å². The van der Waals surface area contributed by atoms with Crippen molar-refractivity contribution in [2.24, 2.45) is 5.10 Å². The summed E-state index contributed by atoms with van der Waals surface area (Å²) in [5.41, 5.74) is 7.66. The number of imidazole rings is 1. The van der Waals surface area contributed by atoms with Crippen LogP contribution in [0.4, 0.5) is 0 Å². The number of nitrogens with one attached hydrogen (secondary N) is 1. The van der Waals surface area contributed by atoms with Gasteiger partial charge in [-0.1, -0.05) is 84.0 Å². The van der Waals surface area contributed by atoms with Crippen molar-refractivity contribution in [3.63, 3.8) is 0 Å². The van der Waals surface area contributed by atoms with E-state index < -0.39 is 0 Å². The van der Waals surface area contributed by atoms with Gasteiger partial charge in [-0.2, -0.15) is 5.10 Å². The third-order valence-corrected chi connectivity index (χ3v) is 6.09. The molecule has 0 radical (unpaired) electrons. The fourth-order valence-electron chi connectivity index (χ4n) is 3.31. The van der Waals surface area contributed by atoms with E-state index in [2.05, 4.69) is 15.1 Å². The van der Waals surface area contributed by atoms with Gasteiger partial charge in [0.2, 0.25) is 0 Å². The third-order valence-electron chi connectivity index (χ3n) is 4.86. The highest BCUT2D eigenvalue weighted by Gasteiger charge is 2.13. The molecule has 0 spiro atoms. The van der Waals surface area contributed by atoms with Gasteiger partial charge in [0.15, 0.2) is 5.16 Å². The molecule has 4 aromatic rings. The Kier molecular flexibility index (Phi) is 7.60. The highest BCUT2D eigenvalue weighted by Crippen LogP contribution is 2.25. The Hall–Kier alpha value is -3.35. The van der Waals surface area contributed by atoms with E-state index in [0.29, 0.717) is 11.6 Å². The molecule has 1 aromatic heterocycles. The minimum atomic E-state index is -0.186. The van der Waals surface area contributed by atoms with Crippen molar-refractivity contribution in [1.29, 1.82) is 0 Å². The summed E-state index contributed by atoms with van der Waals surface area (Å²) in [7, 11) is 0. The molecule has 0 aliphatic rings. The minimum absolute atomic E-state index is 0.186. The molecule has 0 aliphatic heterocycles. The number of para-hydroxylation sites is 2. The van der Waals surface area contributed by atoms with E-state index in [9.17, 15) is 4.79 Å². The highest BCUT2D eigenvalue weighted by atomic mass is 35.5. The van der Waals surface area contributed by atoms with Gasteiger partial charge >= 0.3 is 0 Å². The number of nitrogens with zero attached hydrogens (tertiary/aromatic N) is 3. The number of carbonyl (C=O) groups excluding carboxylic acids is 1. The second-order valence-electron chi connectivity index (χ2n) is 7.48. The van der Waals surface area contributed by atoms with Crippen molar-refractivity contribution < 1.29 is 4.79 Å². The summed E-state index contributed by atoms with van der Waals surface area (Å²) in [5, 5.41) is 5.56. The maximum absolute atomic E-state index is 12.4. The van der Waals surface area contributed by atoms with Gasteiger partial charge in [0.05, 0.1) is 29.5 Å². The summed E-state index contributed by atoms with van der Waals surface area (Å²) in [5.74, 6) is 0.0248. The fourth-order valence-corrected chi connectivity index (χ4v) is 4.24. The van der Waals surface area contributed by atoms with E-state index in [1.807, 2.05) is 91.9 Å². The van der Waals surface area contributed by atoms with Crippen LogP contribution >= 0.6 is 23.4 Å². The summed E-state index contributed by atoms with van der Waals surface area (Å²) in [6, 6.07) is 25.7. The Bertz CT molecular complexity index is 1300. The first-order chi connectivity index (χ1) is 16.1. The van der Waals surface area contributed by atoms with Gasteiger partial charge in [-0.3, -0.25) is 4.79 Å². The molecule has 0 fully saturated rings. The Balaban J connectivity index is 1.40. The first-order valence-electron chi connectivity index (χ1n) is 10.5. The summed E-state index contributed by atoms with van der Waals surface area (Å²) >= 11 is 7.41. The summed E-state index contributed by atoms with van der Waals surface area (Å²) < 4.78 is 2.12. The van der Waals surface area contributed by atoms with Gasteiger partial charge in [-0.05, 0) is 47.9 Å². The van der Waals surface area contributed by atoms with E-state index in [4.69, 9.17) is 16.6 Å². The molecule has 7 heteroatoms. The van der Waals surface area contributed by atoms with E-state index in [-0.39, 0.29) is 11.7 Å². The molecule has 0 saturated carbocycles. The largest absolute Gasteiger partial charge is 0.314 e. The van der Waals surface area contributed by atoms with Gasteiger partial charge in [0, 0.05) is 5.02 Å². The van der Waals surface area contributed by atoms with Crippen LogP contribution in [0.1, 0.15) is 18.1 Å². The molecule has 0 atom stereocenters. The molecular formula is C26H23ClN4OS. The van der Waals surface area contributed by atoms with Crippen LogP contribution in [0.5, 0.6) is 0 Å². The van der Waals surface area contributed by atoms with Crippen LogP contribution in [-0.2, 0) is 11.3 Å². The first kappa shape index (κ1) is 22.8. The van der Waals surface area contributed by atoms with Crippen LogP contribution in [-0.4, -0.2) is 27.4 Å². The maximum atomic E-state index is 12.4. The number of carbonyl (C=O) groups is 1. The van der Waals surface area contributed by atoms with Crippen molar-refractivity contribution in [3.8, 4) is 0 Å². The number of aromatic nitrogens is 2. The molecule has 3 aromatic carbocycles. The number of hydrogen-bond acceptors (Lipinski definition) is 4. The zero-order chi connectivity index (χ0) is 23.0. The van der Waals surface area contributed by atoms with Crippen molar-refractivity contribution in [1.82, 2.24) is 15.0 Å². The van der Waals surface area contributed by atoms with Gasteiger partial charge in [0.25, 0.3) is 5.91 Å². The standard InChI is InChI=1S/C26H23ClN4OS/c1-19(15-20-7-3-2-4-8-20)16-28-30-25(32)18-33-26-29-23-9-5-6-10-24(23)31(26)17-21-11-13-22(27)14-12-21/h2-16H,17-18H2,1H3,(H,30,32)/b19-15+,28-16+. The molecule has 5 nitrogen and oxygen atoms in total. The lowest BCUT2D eigenvalue weighted by molar-refractivity contribution is -0.118. The molecule has 1 N–H and O–H groups in total. The molecule has 0 aliphatic carbocycles. The zero-order valence-electron chi connectivity index (χ0n) is 18.1. The topological polar surface area (TPSA) is 59.3 Å². The van der Waals surface area contributed by atoms with Crippen LogP contribution in [0.15, 0.2) is 94.7 Å². The SMILES string of the molecule is CC(/C=N/NC(=O)CSc1nc2ccccc2n1Cc1ccc(Cl)cc1)=C\c1ccccc1. The van der Waals surface area contributed by atoms with Crippen molar-refractivity contribution in [2.45, 2.75) is 18.6 Å². The Morgan fingerprint density at radius 2 is 1.79 bits per heavy atom. The van der Waals surface area contributed by atoms with Crippen LogP contribution in [0, 0.1) is 0 Å². The second-order valence-corrected chi connectivity index (χ2v) is 8.86. The first-order valence-corrected chi connectivity index (χ1v) is 11.8. The monoisotopic (exact) mass is 474 g/mol. The lowest BCUT2D eigenvalue weighted by Crippen LogP contribution is -2.20. The molecule has 0 bridgehead atoms. The summed E-state index contributed by atoms with van der Waals surface area (Å²) in [4.78, 5) is 17.1. The number of allylic oxidation sites excluding steroid dienone is 1. The predicted octanol–water partition coefficient (Wildman–Crippen LogP) is 6.04. The lowest BCUT2D eigenvalue weighted by atomic mass is 10.1. The smallest absolute Gasteiger partial charge is 0.250 e. The molecule has 33 heavy (non-hydrogen) atoms. The van der Waals surface area contributed by atoms with E-state index in [1.54, 1.807) is 6.21 Å². The fraction of sp³-hybridized carbons (Fsp3) is 0.115. The normalized spacial score (nSPS) is 11.9. The van der Waals surface area contributed by atoms with Crippen molar-refractivity contribution in [2.75, 3.05) is 5.75 Å². The van der Waals surface area contributed by atoms with Gasteiger partial charge in [-0.25, -0.2) is 10.4 Å². The Morgan fingerprint density at radius 1 is 1.06 bits per heavy atom. The minimum Gasteiger partial charge on any atom is -0.314 e. The Morgan fingerprint density at radius 3 is 2.58 bits per heavy atom. The molecule has 4 rings (SSSR count). The highest BCUT2D eigenvalue weighted by molar-refractivity contribution is 7.99. The predicted molar refractivity (Wildman–Crippen MR) is 138 cm³/mol. The average Bonchev–Trinajstić information content (AvgIpc) is 3.17. The lowest BCUT2D eigenvalue weighted by Gasteiger charge is -2.09. The van der Waals surface area contributed by atoms with E-state index in [0.717, 1.165) is 32.9 Å². The van der Waals surface area contributed by atoms with Gasteiger partial charge in [0.1, 0.15) is 0 Å². The number of thioether (sulfide) groups is 1. The molecule has 1 amide bonds. The number of hydrogen-bond donors (Lipinski definition) is 1. The molecular weight excluding hydrogens is 452 g/mol. The zero-order valence-corrected chi connectivity index (χ0v) is 19.7. The van der Waals surface area contributed by atoms with Crippen LogP contribution in [0.3, 0.4) is 0 Å². The van der Waals surface area contributed by atoms with Gasteiger partial charge < -0.3 is 4.57 Å². The van der Waals surface area contributed by atoms with Crippen LogP contribution in [0.25, 0.3) is 17.1 Å². The summed E-state index contributed by atoms with van der Waals surface area (Å²) in [6.45, 7) is 2.58. The number of halogens is 1. The third kappa shape index (κ3) is 6.34. The maximum Gasteiger partial charge on any atom is 0.250 e. The molecule has 0 unspecified atom stereocenters. The number of hydrazone groups is 1. The Labute approximate surface area is 202 Å². The summed E-state index contributed by atoms with van der Waals surface area (Å²) in [6.07, 6.45) is 3.65.